The van der Waals surface area contributed by atoms with Crippen molar-refractivity contribution in [3.05, 3.63) is 35.9 Å². The molecule has 1 amide bonds. The number of aldehydes is 1. The summed E-state index contributed by atoms with van der Waals surface area (Å²) in [4.78, 5) is 32.6. The minimum absolute atomic E-state index is 0.153. The van der Waals surface area contributed by atoms with Crippen LogP contribution in [0.4, 0.5) is 0 Å². The summed E-state index contributed by atoms with van der Waals surface area (Å²) in [6, 6.07) is 7.78. The van der Waals surface area contributed by atoms with E-state index in [1.165, 1.54) is 0 Å². The standard InChI is InChI=1S/C13H16N2O6S/c16-8-11(6-10-4-2-1-3-5-10)15-22(20,21)9-12(17)14-7-13(18)19/h1-5,8,11,15H,6-7,9H2,(H,14,17)(H,18,19)/t11-/m0/s1. The van der Waals surface area contributed by atoms with Gasteiger partial charge in [-0.3, -0.25) is 9.59 Å². The highest BCUT2D eigenvalue weighted by Crippen LogP contribution is 2.03. The summed E-state index contributed by atoms with van der Waals surface area (Å²) in [5.41, 5.74) is 0.762. The van der Waals surface area contributed by atoms with Crippen molar-refractivity contribution in [2.75, 3.05) is 12.3 Å². The first-order chi connectivity index (χ1) is 10.3. The predicted molar refractivity (Wildman–Crippen MR) is 77.6 cm³/mol. The van der Waals surface area contributed by atoms with E-state index in [1.54, 1.807) is 30.3 Å². The monoisotopic (exact) mass is 328 g/mol. The Labute approximate surface area is 127 Å². The Morgan fingerprint density at radius 1 is 1.23 bits per heavy atom. The molecule has 0 aromatic heterocycles. The fraction of sp³-hybridized carbons (Fsp3) is 0.308. The number of benzene rings is 1. The van der Waals surface area contributed by atoms with Gasteiger partial charge in [-0.25, -0.2) is 13.1 Å². The van der Waals surface area contributed by atoms with Crippen LogP contribution >= 0.6 is 0 Å². The first kappa shape index (κ1) is 17.8. The maximum Gasteiger partial charge on any atom is 0.322 e. The van der Waals surface area contributed by atoms with Crippen LogP contribution in [-0.4, -0.2) is 50.0 Å². The fourth-order valence-corrected chi connectivity index (χ4v) is 2.79. The Bertz CT molecular complexity index is 629. The summed E-state index contributed by atoms with van der Waals surface area (Å²) in [7, 11) is -4.05. The lowest BCUT2D eigenvalue weighted by atomic mass is 10.1. The Morgan fingerprint density at radius 3 is 2.41 bits per heavy atom. The van der Waals surface area contributed by atoms with E-state index in [4.69, 9.17) is 5.11 Å². The van der Waals surface area contributed by atoms with E-state index in [1.807, 2.05) is 5.32 Å². The topological polar surface area (TPSA) is 130 Å². The zero-order chi connectivity index (χ0) is 16.6. The van der Waals surface area contributed by atoms with Crippen LogP contribution in [0.2, 0.25) is 0 Å². The number of hydrogen-bond acceptors (Lipinski definition) is 5. The molecule has 0 saturated heterocycles. The van der Waals surface area contributed by atoms with Crippen LogP contribution in [0.3, 0.4) is 0 Å². The number of amides is 1. The molecular formula is C13H16N2O6S. The van der Waals surface area contributed by atoms with E-state index in [9.17, 15) is 22.8 Å². The van der Waals surface area contributed by atoms with Gasteiger partial charge >= 0.3 is 5.97 Å². The SMILES string of the molecule is O=C[C@H](Cc1ccccc1)NS(=O)(=O)CC(=O)NCC(=O)O. The number of carboxylic acid groups (broad SMARTS) is 1. The molecule has 9 heteroatoms. The van der Waals surface area contributed by atoms with Crippen molar-refractivity contribution in [1.82, 2.24) is 10.0 Å². The Morgan fingerprint density at radius 2 is 1.86 bits per heavy atom. The van der Waals surface area contributed by atoms with Gasteiger partial charge in [-0.1, -0.05) is 30.3 Å². The van der Waals surface area contributed by atoms with Gasteiger partial charge in [-0.2, -0.15) is 0 Å². The Balaban J connectivity index is 2.59. The molecule has 0 bridgehead atoms. The molecule has 1 aromatic carbocycles. The van der Waals surface area contributed by atoms with Gasteiger partial charge in [0.2, 0.25) is 15.9 Å². The molecule has 120 valence electrons. The molecule has 8 nitrogen and oxygen atoms in total. The van der Waals surface area contributed by atoms with Crippen LogP contribution in [0.1, 0.15) is 5.56 Å². The molecule has 1 rings (SSSR count). The zero-order valence-corrected chi connectivity index (χ0v) is 12.4. The molecule has 0 unspecified atom stereocenters. The van der Waals surface area contributed by atoms with E-state index in [-0.39, 0.29) is 6.42 Å². The number of rotatable bonds is 9. The first-order valence-electron chi connectivity index (χ1n) is 6.30. The smallest absolute Gasteiger partial charge is 0.322 e. The second-order valence-corrected chi connectivity index (χ2v) is 6.23. The molecule has 22 heavy (non-hydrogen) atoms. The van der Waals surface area contributed by atoms with Gasteiger partial charge in [-0.05, 0) is 12.0 Å². The number of carboxylic acids is 1. The van der Waals surface area contributed by atoms with Crippen LogP contribution in [0.15, 0.2) is 30.3 Å². The third kappa shape index (κ3) is 6.95. The van der Waals surface area contributed by atoms with Crippen molar-refractivity contribution in [3.63, 3.8) is 0 Å². The maximum absolute atomic E-state index is 11.8. The van der Waals surface area contributed by atoms with E-state index in [0.29, 0.717) is 6.29 Å². The number of carbonyl (C=O) groups excluding carboxylic acids is 2. The summed E-state index contributed by atoms with van der Waals surface area (Å²) in [6.07, 6.45) is 0.597. The summed E-state index contributed by atoms with van der Waals surface area (Å²) in [5, 5.41) is 10.3. The van der Waals surface area contributed by atoms with Gasteiger partial charge in [-0.15, -0.1) is 0 Å². The first-order valence-corrected chi connectivity index (χ1v) is 7.95. The molecule has 3 N–H and O–H groups in total. The average molecular weight is 328 g/mol. The van der Waals surface area contributed by atoms with Crippen LogP contribution in [0.25, 0.3) is 0 Å². The second kappa shape index (κ2) is 8.25. The molecule has 0 aliphatic carbocycles. The largest absolute Gasteiger partial charge is 0.480 e. The lowest BCUT2D eigenvalue weighted by molar-refractivity contribution is -0.137. The van der Waals surface area contributed by atoms with Crippen molar-refractivity contribution < 1.29 is 27.9 Å². The van der Waals surface area contributed by atoms with Crippen molar-refractivity contribution in [2.45, 2.75) is 12.5 Å². The van der Waals surface area contributed by atoms with Crippen LogP contribution in [0, 0.1) is 0 Å². The lowest BCUT2D eigenvalue weighted by Crippen LogP contribution is -2.43. The van der Waals surface area contributed by atoms with Gasteiger partial charge in [0.25, 0.3) is 0 Å². The lowest BCUT2D eigenvalue weighted by Gasteiger charge is -2.13. The van der Waals surface area contributed by atoms with Crippen molar-refractivity contribution in [3.8, 4) is 0 Å². The van der Waals surface area contributed by atoms with Crippen LogP contribution in [-0.2, 0) is 30.8 Å². The molecule has 0 radical (unpaired) electrons. The molecule has 0 heterocycles. The number of sulfonamides is 1. The van der Waals surface area contributed by atoms with Gasteiger partial charge in [0.1, 0.15) is 18.6 Å². The molecule has 0 saturated carbocycles. The maximum atomic E-state index is 11.8. The van der Waals surface area contributed by atoms with E-state index < -0.39 is 40.2 Å². The van der Waals surface area contributed by atoms with Gasteiger partial charge in [0.15, 0.2) is 0 Å². The number of aliphatic carboxylic acids is 1. The minimum Gasteiger partial charge on any atom is -0.480 e. The number of carbonyl (C=O) groups is 3. The predicted octanol–water partition coefficient (Wildman–Crippen LogP) is -1.08. The van der Waals surface area contributed by atoms with E-state index in [2.05, 4.69) is 4.72 Å². The second-order valence-electron chi connectivity index (χ2n) is 4.48. The summed E-state index contributed by atoms with van der Waals surface area (Å²) >= 11 is 0. The Kier molecular flexibility index (Phi) is 6.67. The highest BCUT2D eigenvalue weighted by molar-refractivity contribution is 7.90. The third-order valence-corrected chi connectivity index (χ3v) is 3.86. The molecule has 1 atom stereocenters. The van der Waals surface area contributed by atoms with E-state index in [0.717, 1.165) is 5.56 Å². The zero-order valence-electron chi connectivity index (χ0n) is 11.6. The normalized spacial score (nSPS) is 12.4. The fourth-order valence-electron chi connectivity index (χ4n) is 1.66. The summed E-state index contributed by atoms with van der Waals surface area (Å²) < 4.78 is 25.6. The molecule has 0 aliphatic heterocycles. The summed E-state index contributed by atoms with van der Waals surface area (Å²) in [6.45, 7) is -0.671. The molecule has 0 fully saturated rings. The third-order valence-electron chi connectivity index (χ3n) is 2.55. The van der Waals surface area contributed by atoms with Crippen molar-refractivity contribution in [2.24, 2.45) is 0 Å². The van der Waals surface area contributed by atoms with Gasteiger partial charge < -0.3 is 15.2 Å². The average Bonchev–Trinajstić information content (AvgIpc) is 2.44. The number of nitrogens with one attached hydrogen (secondary N) is 2. The minimum atomic E-state index is -4.05. The highest BCUT2D eigenvalue weighted by Gasteiger charge is 2.21. The van der Waals surface area contributed by atoms with E-state index >= 15 is 0 Å². The van der Waals surface area contributed by atoms with Gasteiger partial charge in [0.05, 0.1) is 6.04 Å². The quantitative estimate of drug-likeness (QED) is 0.494. The molecular weight excluding hydrogens is 312 g/mol. The van der Waals surface area contributed by atoms with Crippen molar-refractivity contribution in [1.29, 1.82) is 0 Å². The highest BCUT2D eigenvalue weighted by atomic mass is 32.2. The van der Waals surface area contributed by atoms with Gasteiger partial charge in [0, 0.05) is 0 Å². The van der Waals surface area contributed by atoms with Crippen LogP contribution in [0.5, 0.6) is 0 Å². The summed E-state index contributed by atoms with van der Waals surface area (Å²) in [5.74, 6) is -3.19. The number of hydrogen-bond donors (Lipinski definition) is 3. The van der Waals surface area contributed by atoms with Crippen molar-refractivity contribution >= 4 is 28.2 Å². The van der Waals surface area contributed by atoms with Crippen LogP contribution < -0.4 is 10.0 Å². The Hall–Kier alpha value is -2.26. The molecule has 1 aromatic rings. The molecule has 0 spiro atoms. The molecule has 0 aliphatic rings.